The van der Waals surface area contributed by atoms with Crippen molar-refractivity contribution in [2.75, 3.05) is 0 Å². The summed E-state index contributed by atoms with van der Waals surface area (Å²) in [7, 11) is 0. The number of nitrogens with zero attached hydrogens (tertiary/aromatic N) is 1. The normalized spacial score (nSPS) is 56.9. The minimum Gasteiger partial charge on any atom is -0.388 e. The molecule has 2 heterocycles. The maximum Gasteiger partial charge on any atom is 0.191 e. The molecule has 1 saturated carbocycles. The van der Waals surface area contributed by atoms with Gasteiger partial charge in [-0.05, 0) is 12.3 Å². The standard InChI is InChI=1S/C11H19N3O5/c1-3-2-4-8(17)13-10(12)14-11(4)6(15)5(3)19-9(18)7(11)16/h3-9,15-18H,2H2,1H3,(H3,12,13,14)/t3?,4?,5?,6?,7-,8?,9?,11?/m1/s1. The van der Waals surface area contributed by atoms with Gasteiger partial charge >= 0.3 is 0 Å². The number of hydrogen-bond donors (Lipinski definition) is 6. The first-order chi connectivity index (χ1) is 8.87. The minimum atomic E-state index is -1.44. The first kappa shape index (κ1) is 13.1. The summed E-state index contributed by atoms with van der Waals surface area (Å²) < 4.78 is 5.26. The van der Waals surface area contributed by atoms with E-state index in [1.807, 2.05) is 6.92 Å². The highest BCUT2D eigenvalue weighted by molar-refractivity contribution is 5.80. The lowest BCUT2D eigenvalue weighted by Crippen LogP contribution is -2.82. The van der Waals surface area contributed by atoms with Crippen molar-refractivity contribution in [3.05, 3.63) is 0 Å². The van der Waals surface area contributed by atoms with Gasteiger partial charge in [-0.15, -0.1) is 0 Å². The predicted molar refractivity (Wildman–Crippen MR) is 63.7 cm³/mol. The van der Waals surface area contributed by atoms with E-state index in [1.165, 1.54) is 0 Å². The second-order valence-electron chi connectivity index (χ2n) is 5.69. The van der Waals surface area contributed by atoms with Gasteiger partial charge in [0, 0.05) is 5.92 Å². The summed E-state index contributed by atoms with van der Waals surface area (Å²) in [5.74, 6) is -0.694. The molecule has 7 unspecified atom stereocenters. The van der Waals surface area contributed by atoms with Gasteiger partial charge in [0.15, 0.2) is 18.5 Å². The maximum atomic E-state index is 10.5. The molecule has 1 spiro atoms. The van der Waals surface area contributed by atoms with Gasteiger partial charge in [0.1, 0.15) is 17.7 Å². The third kappa shape index (κ3) is 1.55. The van der Waals surface area contributed by atoms with Crippen molar-refractivity contribution >= 4 is 5.96 Å². The van der Waals surface area contributed by atoms with Crippen LogP contribution in [0, 0.1) is 11.8 Å². The Hall–Kier alpha value is -0.930. The maximum absolute atomic E-state index is 10.5. The number of aliphatic hydroxyl groups excluding tert-OH is 4. The number of aliphatic hydroxyl groups is 4. The van der Waals surface area contributed by atoms with Gasteiger partial charge in [0.25, 0.3) is 0 Å². The number of hydrogen-bond acceptors (Lipinski definition) is 8. The van der Waals surface area contributed by atoms with Crippen LogP contribution in [0.2, 0.25) is 0 Å². The molecule has 1 saturated heterocycles. The Morgan fingerprint density at radius 3 is 2.68 bits per heavy atom. The second-order valence-corrected chi connectivity index (χ2v) is 5.69. The molecule has 2 bridgehead atoms. The van der Waals surface area contributed by atoms with Gasteiger partial charge < -0.3 is 36.2 Å². The zero-order chi connectivity index (χ0) is 13.9. The molecule has 8 atom stereocenters. The van der Waals surface area contributed by atoms with Crippen molar-refractivity contribution in [3.63, 3.8) is 0 Å². The van der Waals surface area contributed by atoms with Crippen molar-refractivity contribution in [1.29, 1.82) is 0 Å². The fourth-order valence-corrected chi connectivity index (χ4v) is 3.70. The average Bonchev–Trinajstić information content (AvgIpc) is 2.33. The van der Waals surface area contributed by atoms with Gasteiger partial charge in [-0.25, -0.2) is 4.99 Å². The summed E-state index contributed by atoms with van der Waals surface area (Å²) in [6.45, 7) is 1.86. The average molecular weight is 273 g/mol. The number of rotatable bonds is 0. The Morgan fingerprint density at radius 1 is 1.32 bits per heavy atom. The fraction of sp³-hybridized carbons (Fsp3) is 0.909. The van der Waals surface area contributed by atoms with E-state index in [0.29, 0.717) is 6.42 Å². The topological polar surface area (TPSA) is 141 Å². The molecule has 1 aliphatic carbocycles. The summed E-state index contributed by atoms with van der Waals surface area (Å²) in [4.78, 5) is 3.83. The van der Waals surface area contributed by atoms with Crippen LogP contribution in [-0.2, 0) is 4.74 Å². The molecule has 2 aliphatic heterocycles. The molecule has 3 aliphatic rings. The Bertz CT molecular complexity index is 419. The van der Waals surface area contributed by atoms with Gasteiger partial charge in [0.05, 0.1) is 6.10 Å². The Balaban J connectivity index is 2.10. The molecule has 19 heavy (non-hydrogen) atoms. The second kappa shape index (κ2) is 4.03. The Morgan fingerprint density at radius 2 is 2.00 bits per heavy atom. The highest BCUT2D eigenvalue weighted by atomic mass is 16.6. The molecule has 8 nitrogen and oxygen atoms in total. The Kier molecular flexibility index (Phi) is 2.77. The zero-order valence-electron chi connectivity index (χ0n) is 10.5. The van der Waals surface area contributed by atoms with Gasteiger partial charge in [-0.1, -0.05) is 6.92 Å². The summed E-state index contributed by atoms with van der Waals surface area (Å²) in [6, 6.07) is 0. The number of nitrogens with one attached hydrogen (secondary N) is 1. The smallest absolute Gasteiger partial charge is 0.191 e. The SMILES string of the molecule is CC1CC2C(O)N=C(N)NC23C(O)C1OC(O)[C@H]3O. The van der Waals surface area contributed by atoms with E-state index in [4.69, 9.17) is 10.5 Å². The van der Waals surface area contributed by atoms with Crippen LogP contribution in [0.3, 0.4) is 0 Å². The van der Waals surface area contributed by atoms with Crippen molar-refractivity contribution in [1.82, 2.24) is 5.32 Å². The van der Waals surface area contributed by atoms with E-state index < -0.39 is 42.3 Å². The lowest BCUT2D eigenvalue weighted by atomic mass is 9.60. The van der Waals surface area contributed by atoms with Crippen LogP contribution in [0.15, 0.2) is 4.99 Å². The number of nitrogens with two attached hydrogens (primary N) is 1. The number of aliphatic imine (C=N–C) groups is 1. The Labute approximate surface area is 109 Å². The molecule has 0 radical (unpaired) electrons. The van der Waals surface area contributed by atoms with Crippen LogP contribution in [0.5, 0.6) is 0 Å². The molecule has 0 aromatic rings. The zero-order valence-corrected chi connectivity index (χ0v) is 10.5. The predicted octanol–water partition coefficient (Wildman–Crippen LogP) is -2.94. The lowest BCUT2D eigenvalue weighted by Gasteiger charge is -2.60. The molecule has 2 fully saturated rings. The van der Waals surface area contributed by atoms with Crippen LogP contribution in [0.25, 0.3) is 0 Å². The van der Waals surface area contributed by atoms with Crippen molar-refractivity contribution in [3.8, 4) is 0 Å². The van der Waals surface area contributed by atoms with Gasteiger partial charge in [0.2, 0.25) is 0 Å². The molecular weight excluding hydrogens is 254 g/mol. The monoisotopic (exact) mass is 273 g/mol. The van der Waals surface area contributed by atoms with E-state index in [-0.39, 0.29) is 11.9 Å². The third-order valence-corrected chi connectivity index (χ3v) is 4.63. The highest BCUT2D eigenvalue weighted by Gasteiger charge is 2.66. The summed E-state index contributed by atoms with van der Waals surface area (Å²) >= 11 is 0. The van der Waals surface area contributed by atoms with Crippen LogP contribution < -0.4 is 11.1 Å². The molecular formula is C11H19N3O5. The molecule has 0 amide bonds. The van der Waals surface area contributed by atoms with Crippen molar-refractivity contribution in [2.24, 2.45) is 22.6 Å². The number of fused-ring (bicyclic) bond motifs is 1. The van der Waals surface area contributed by atoms with E-state index in [2.05, 4.69) is 10.3 Å². The summed E-state index contributed by atoms with van der Waals surface area (Å²) in [6.07, 6.45) is -5.19. The molecule has 0 aromatic carbocycles. The van der Waals surface area contributed by atoms with E-state index in [9.17, 15) is 20.4 Å². The van der Waals surface area contributed by atoms with Crippen LogP contribution >= 0.6 is 0 Å². The van der Waals surface area contributed by atoms with E-state index >= 15 is 0 Å². The molecule has 108 valence electrons. The molecule has 8 heteroatoms. The van der Waals surface area contributed by atoms with E-state index in [1.54, 1.807) is 0 Å². The largest absolute Gasteiger partial charge is 0.388 e. The third-order valence-electron chi connectivity index (χ3n) is 4.63. The van der Waals surface area contributed by atoms with E-state index in [0.717, 1.165) is 0 Å². The quantitative estimate of drug-likeness (QED) is 0.277. The molecule has 0 aromatic heterocycles. The van der Waals surface area contributed by atoms with Crippen LogP contribution in [-0.4, -0.2) is 62.8 Å². The minimum absolute atomic E-state index is 0.0655. The first-order valence-electron chi connectivity index (χ1n) is 6.37. The van der Waals surface area contributed by atoms with Crippen molar-refractivity contribution < 1.29 is 25.2 Å². The van der Waals surface area contributed by atoms with Gasteiger partial charge in [-0.3, -0.25) is 0 Å². The first-order valence-corrected chi connectivity index (χ1v) is 6.37. The number of ether oxygens (including phenoxy) is 1. The highest BCUT2D eigenvalue weighted by Crippen LogP contribution is 2.48. The molecule has 3 rings (SSSR count). The lowest BCUT2D eigenvalue weighted by molar-refractivity contribution is -0.318. The molecule has 7 N–H and O–H groups in total. The van der Waals surface area contributed by atoms with Crippen LogP contribution in [0.1, 0.15) is 13.3 Å². The number of guanidine groups is 1. The van der Waals surface area contributed by atoms with Crippen molar-refractivity contribution in [2.45, 2.75) is 49.7 Å². The summed E-state index contributed by atoms with van der Waals surface area (Å²) in [5.41, 5.74) is 4.27. The van der Waals surface area contributed by atoms with Crippen LogP contribution in [0.4, 0.5) is 0 Å². The fourth-order valence-electron chi connectivity index (χ4n) is 3.70. The van der Waals surface area contributed by atoms with Gasteiger partial charge in [-0.2, -0.15) is 0 Å². The summed E-state index contributed by atoms with van der Waals surface area (Å²) in [5, 5.41) is 43.4.